The maximum absolute atomic E-state index is 12.3. The molecule has 0 bridgehead atoms. The molecule has 0 spiro atoms. The maximum atomic E-state index is 12.3. The number of nitrogens with zero attached hydrogens (tertiary/aromatic N) is 1. The van der Waals surface area contributed by atoms with Crippen molar-refractivity contribution in [2.24, 2.45) is 5.73 Å². The zero-order valence-corrected chi connectivity index (χ0v) is 13.1. The number of benzene rings is 1. The number of carbonyl (C=O) groups is 1. The van der Waals surface area contributed by atoms with Crippen LogP contribution in [0.4, 0.5) is 0 Å². The summed E-state index contributed by atoms with van der Waals surface area (Å²) in [6.07, 6.45) is 0.514. The zero-order chi connectivity index (χ0) is 13.7. The number of carbonyl (C=O) groups excluding carboxylic acids is 1. The highest BCUT2D eigenvalue weighted by Crippen LogP contribution is 2.22. The average molecular weight is 350 g/mol. The molecule has 18 heavy (non-hydrogen) atoms. The Bertz CT molecular complexity index is 467. The van der Waals surface area contributed by atoms with E-state index in [1.165, 1.54) is 0 Å². The van der Waals surface area contributed by atoms with Crippen molar-refractivity contribution in [3.05, 3.63) is 33.3 Å². The zero-order valence-electron chi connectivity index (χ0n) is 9.95. The normalized spacial score (nSPS) is 10.2. The third-order valence-corrected chi connectivity index (χ3v) is 3.48. The Kier molecular flexibility index (Phi) is 6.05. The first-order valence-corrected chi connectivity index (χ1v) is 7.06. The summed E-state index contributed by atoms with van der Waals surface area (Å²) in [6, 6.07) is 5.21. The molecule has 6 heteroatoms. The summed E-state index contributed by atoms with van der Waals surface area (Å²) in [7, 11) is 0. The first-order chi connectivity index (χ1) is 8.45. The average Bonchev–Trinajstić information content (AvgIpc) is 2.32. The van der Waals surface area contributed by atoms with Crippen molar-refractivity contribution in [2.45, 2.75) is 13.3 Å². The lowest BCUT2D eigenvalue weighted by atomic mass is 10.2. The van der Waals surface area contributed by atoms with Gasteiger partial charge in [0.2, 0.25) is 0 Å². The van der Waals surface area contributed by atoms with Crippen LogP contribution in [-0.4, -0.2) is 28.9 Å². The molecule has 3 nitrogen and oxygen atoms in total. The molecule has 1 aromatic carbocycles. The molecule has 0 aliphatic heterocycles. The lowest BCUT2D eigenvalue weighted by Gasteiger charge is -2.21. The van der Waals surface area contributed by atoms with Gasteiger partial charge in [0.25, 0.3) is 5.91 Å². The van der Waals surface area contributed by atoms with E-state index in [-0.39, 0.29) is 5.91 Å². The van der Waals surface area contributed by atoms with Gasteiger partial charge in [0, 0.05) is 24.0 Å². The van der Waals surface area contributed by atoms with Crippen LogP contribution in [0.3, 0.4) is 0 Å². The third kappa shape index (κ3) is 4.23. The Morgan fingerprint density at radius 1 is 1.56 bits per heavy atom. The summed E-state index contributed by atoms with van der Waals surface area (Å²) >= 11 is 14.2. The lowest BCUT2D eigenvalue weighted by molar-refractivity contribution is 0.0769. The molecule has 0 saturated heterocycles. The van der Waals surface area contributed by atoms with E-state index < -0.39 is 0 Å². The highest BCUT2D eigenvalue weighted by molar-refractivity contribution is 9.10. The van der Waals surface area contributed by atoms with Crippen molar-refractivity contribution < 1.29 is 4.79 Å². The molecular weight excluding hydrogens is 336 g/mol. The molecule has 0 saturated carbocycles. The van der Waals surface area contributed by atoms with E-state index in [0.29, 0.717) is 35.1 Å². The Morgan fingerprint density at radius 3 is 2.78 bits per heavy atom. The van der Waals surface area contributed by atoms with Gasteiger partial charge in [0.15, 0.2) is 0 Å². The number of hydrogen-bond acceptors (Lipinski definition) is 2. The molecule has 0 radical (unpaired) electrons. The van der Waals surface area contributed by atoms with Crippen LogP contribution in [0, 0.1) is 0 Å². The van der Waals surface area contributed by atoms with Gasteiger partial charge in [-0.15, -0.1) is 0 Å². The van der Waals surface area contributed by atoms with Crippen LogP contribution in [0.1, 0.15) is 23.7 Å². The summed E-state index contributed by atoms with van der Waals surface area (Å²) in [5.74, 6) is -0.111. The summed E-state index contributed by atoms with van der Waals surface area (Å²) < 4.78 is 0.820. The van der Waals surface area contributed by atoms with Crippen molar-refractivity contribution in [3.8, 4) is 0 Å². The molecule has 0 aliphatic rings. The molecule has 98 valence electrons. The predicted molar refractivity (Wildman–Crippen MR) is 82.1 cm³/mol. The molecule has 1 rings (SSSR count). The van der Waals surface area contributed by atoms with Crippen molar-refractivity contribution in [1.82, 2.24) is 4.90 Å². The fourth-order valence-corrected chi connectivity index (χ4v) is 2.13. The highest BCUT2D eigenvalue weighted by Gasteiger charge is 2.17. The van der Waals surface area contributed by atoms with Gasteiger partial charge in [-0.25, -0.2) is 0 Å². The van der Waals surface area contributed by atoms with E-state index in [0.717, 1.165) is 4.47 Å². The number of hydrogen-bond donors (Lipinski definition) is 1. The van der Waals surface area contributed by atoms with E-state index in [1.807, 2.05) is 6.92 Å². The van der Waals surface area contributed by atoms with Crippen molar-refractivity contribution >= 4 is 50.6 Å². The number of halogens is 2. The fraction of sp³-hybridized carbons (Fsp3) is 0.333. The number of thiocarbonyl (C=S) groups is 1. The van der Waals surface area contributed by atoms with Gasteiger partial charge in [-0.3, -0.25) is 4.79 Å². The standard InChI is InChI=1S/C12H14BrClN2OS/c1-2-16(6-5-11(15)18)12(17)9-7-8(13)3-4-10(9)14/h3-4,7H,2,5-6H2,1H3,(H2,15,18). The molecule has 0 aromatic heterocycles. The Morgan fingerprint density at radius 2 is 2.22 bits per heavy atom. The largest absolute Gasteiger partial charge is 0.393 e. The van der Waals surface area contributed by atoms with E-state index in [2.05, 4.69) is 15.9 Å². The molecule has 2 N–H and O–H groups in total. The Labute approximate surface area is 125 Å². The molecule has 1 amide bonds. The minimum Gasteiger partial charge on any atom is -0.393 e. The van der Waals surface area contributed by atoms with Crippen LogP contribution in [0.5, 0.6) is 0 Å². The van der Waals surface area contributed by atoms with Gasteiger partial charge in [-0.05, 0) is 25.1 Å². The van der Waals surface area contributed by atoms with Crippen LogP contribution in [0.15, 0.2) is 22.7 Å². The van der Waals surface area contributed by atoms with Crippen LogP contribution < -0.4 is 5.73 Å². The summed E-state index contributed by atoms with van der Waals surface area (Å²) in [5, 5.41) is 0.442. The molecule has 1 aromatic rings. The van der Waals surface area contributed by atoms with Crippen LogP contribution in [0.25, 0.3) is 0 Å². The first kappa shape index (κ1) is 15.4. The van der Waals surface area contributed by atoms with Gasteiger partial charge < -0.3 is 10.6 Å². The van der Waals surface area contributed by atoms with Crippen molar-refractivity contribution in [2.75, 3.05) is 13.1 Å². The van der Waals surface area contributed by atoms with Crippen molar-refractivity contribution in [3.63, 3.8) is 0 Å². The van der Waals surface area contributed by atoms with Crippen LogP contribution >= 0.6 is 39.7 Å². The quantitative estimate of drug-likeness (QED) is 0.830. The predicted octanol–water partition coefficient (Wildman–Crippen LogP) is 3.24. The van der Waals surface area contributed by atoms with E-state index in [1.54, 1.807) is 23.1 Å². The van der Waals surface area contributed by atoms with Gasteiger partial charge in [0.05, 0.1) is 15.6 Å². The minimum absolute atomic E-state index is 0.111. The lowest BCUT2D eigenvalue weighted by Crippen LogP contribution is -2.33. The molecule has 0 unspecified atom stereocenters. The molecule has 0 aliphatic carbocycles. The second kappa shape index (κ2) is 7.07. The van der Waals surface area contributed by atoms with E-state index in [9.17, 15) is 4.79 Å². The second-order valence-corrected chi connectivity index (χ2v) is 5.57. The third-order valence-electron chi connectivity index (χ3n) is 2.46. The Balaban J connectivity index is 2.89. The van der Waals surface area contributed by atoms with Gasteiger partial charge in [-0.1, -0.05) is 39.7 Å². The first-order valence-electron chi connectivity index (χ1n) is 5.48. The maximum Gasteiger partial charge on any atom is 0.255 e. The Hall–Kier alpha value is -0.650. The summed E-state index contributed by atoms with van der Waals surface area (Å²) in [5.41, 5.74) is 5.93. The number of amides is 1. The second-order valence-electron chi connectivity index (χ2n) is 3.73. The number of rotatable bonds is 5. The van der Waals surface area contributed by atoms with Gasteiger partial charge >= 0.3 is 0 Å². The topological polar surface area (TPSA) is 46.3 Å². The van der Waals surface area contributed by atoms with Gasteiger partial charge in [-0.2, -0.15) is 0 Å². The van der Waals surface area contributed by atoms with E-state index >= 15 is 0 Å². The molecule has 0 atom stereocenters. The van der Waals surface area contributed by atoms with E-state index in [4.69, 9.17) is 29.6 Å². The van der Waals surface area contributed by atoms with Gasteiger partial charge in [0.1, 0.15) is 0 Å². The minimum atomic E-state index is -0.111. The summed E-state index contributed by atoms with van der Waals surface area (Å²) in [6.45, 7) is 3.00. The summed E-state index contributed by atoms with van der Waals surface area (Å²) in [4.78, 5) is 14.4. The smallest absolute Gasteiger partial charge is 0.255 e. The van der Waals surface area contributed by atoms with Crippen molar-refractivity contribution in [1.29, 1.82) is 0 Å². The van der Waals surface area contributed by atoms with Crippen LogP contribution in [-0.2, 0) is 0 Å². The number of nitrogens with two attached hydrogens (primary N) is 1. The molecule has 0 heterocycles. The fourth-order valence-electron chi connectivity index (χ4n) is 1.48. The SMILES string of the molecule is CCN(CCC(N)=S)C(=O)c1cc(Br)ccc1Cl. The molecule has 0 fully saturated rings. The molecular formula is C12H14BrClN2OS. The van der Waals surface area contributed by atoms with Crippen LogP contribution in [0.2, 0.25) is 5.02 Å². The monoisotopic (exact) mass is 348 g/mol. The highest BCUT2D eigenvalue weighted by atomic mass is 79.9.